The molecule has 1 unspecified atom stereocenters. The van der Waals surface area contributed by atoms with Gasteiger partial charge in [-0.05, 0) is 38.8 Å². The zero-order valence-corrected chi connectivity index (χ0v) is 12.5. The number of halogens is 2. The Morgan fingerprint density at radius 1 is 1.35 bits per heavy atom. The van der Waals surface area contributed by atoms with E-state index in [1.165, 1.54) is 12.6 Å². The van der Waals surface area contributed by atoms with Crippen LogP contribution in [-0.2, 0) is 5.54 Å². The molecule has 5 nitrogen and oxygen atoms in total. The minimum atomic E-state index is -0.275. The average Bonchev–Trinajstić information content (AvgIpc) is 2.90. The summed E-state index contributed by atoms with van der Waals surface area (Å²) in [7, 11) is 0. The fourth-order valence-corrected chi connectivity index (χ4v) is 2.83. The molecule has 106 valence electrons. The normalized spacial score (nSPS) is 22.9. The molecule has 0 amide bonds. The molecule has 0 aliphatic carbocycles. The van der Waals surface area contributed by atoms with E-state index in [1.807, 2.05) is 0 Å². The van der Waals surface area contributed by atoms with Gasteiger partial charge in [0.15, 0.2) is 0 Å². The topological polar surface area (TPSA) is 63.8 Å². The van der Waals surface area contributed by atoms with E-state index in [1.54, 1.807) is 6.07 Å². The third kappa shape index (κ3) is 2.53. The van der Waals surface area contributed by atoms with Gasteiger partial charge in [-0.3, -0.25) is 0 Å². The van der Waals surface area contributed by atoms with Crippen LogP contribution in [0.1, 0.15) is 32.1 Å². The van der Waals surface area contributed by atoms with E-state index >= 15 is 0 Å². The standard InChI is InChI=1S/C13H14Cl2N4O/c1-13(4-2-3-5-17-13)12-18-11(19-20-12)10-9(15)6-8(14)7-16-10/h6-7,17H,2-5H2,1H3. The smallest absolute Gasteiger partial charge is 0.247 e. The van der Waals surface area contributed by atoms with Crippen LogP contribution in [-0.4, -0.2) is 21.7 Å². The molecule has 2 aromatic rings. The van der Waals surface area contributed by atoms with Gasteiger partial charge < -0.3 is 9.84 Å². The predicted octanol–water partition coefficient (Wildman–Crippen LogP) is 3.43. The van der Waals surface area contributed by atoms with Crippen molar-refractivity contribution in [3.63, 3.8) is 0 Å². The summed E-state index contributed by atoms with van der Waals surface area (Å²) in [4.78, 5) is 8.60. The molecule has 0 spiro atoms. The fraction of sp³-hybridized carbons (Fsp3) is 0.462. The number of nitrogens with one attached hydrogen (secondary N) is 1. The van der Waals surface area contributed by atoms with E-state index in [4.69, 9.17) is 27.7 Å². The molecular formula is C13H14Cl2N4O. The average molecular weight is 313 g/mol. The molecule has 7 heteroatoms. The number of nitrogens with zero attached hydrogens (tertiary/aromatic N) is 3. The molecule has 1 N–H and O–H groups in total. The van der Waals surface area contributed by atoms with Crippen LogP contribution >= 0.6 is 23.2 Å². The first-order chi connectivity index (χ1) is 9.58. The summed E-state index contributed by atoms with van der Waals surface area (Å²) in [5.74, 6) is 0.954. The van der Waals surface area contributed by atoms with Crippen molar-refractivity contribution in [2.45, 2.75) is 31.7 Å². The highest BCUT2D eigenvalue weighted by molar-refractivity contribution is 6.35. The van der Waals surface area contributed by atoms with E-state index in [0.29, 0.717) is 27.5 Å². The van der Waals surface area contributed by atoms with Crippen molar-refractivity contribution in [2.75, 3.05) is 6.54 Å². The lowest BCUT2D eigenvalue weighted by atomic mass is 9.91. The van der Waals surface area contributed by atoms with Crippen LogP contribution < -0.4 is 5.32 Å². The van der Waals surface area contributed by atoms with Crippen molar-refractivity contribution in [3.05, 3.63) is 28.2 Å². The molecule has 1 saturated heterocycles. The Hall–Kier alpha value is -1.17. The van der Waals surface area contributed by atoms with Crippen molar-refractivity contribution in [1.82, 2.24) is 20.4 Å². The van der Waals surface area contributed by atoms with Gasteiger partial charge in [-0.2, -0.15) is 4.98 Å². The maximum absolute atomic E-state index is 6.11. The molecule has 1 fully saturated rings. The first-order valence-corrected chi connectivity index (χ1v) is 7.25. The van der Waals surface area contributed by atoms with Gasteiger partial charge in [-0.1, -0.05) is 28.4 Å². The number of aromatic nitrogens is 3. The lowest BCUT2D eigenvalue weighted by Crippen LogP contribution is -2.43. The molecular weight excluding hydrogens is 299 g/mol. The monoisotopic (exact) mass is 312 g/mol. The van der Waals surface area contributed by atoms with Gasteiger partial charge in [0.2, 0.25) is 11.7 Å². The van der Waals surface area contributed by atoms with Crippen LogP contribution in [0.15, 0.2) is 16.8 Å². The van der Waals surface area contributed by atoms with E-state index in [2.05, 4.69) is 27.4 Å². The Morgan fingerprint density at radius 3 is 2.90 bits per heavy atom. The Bertz CT molecular complexity index is 623. The van der Waals surface area contributed by atoms with Crippen LogP contribution in [0.2, 0.25) is 10.0 Å². The second kappa shape index (κ2) is 5.31. The number of piperidine rings is 1. The maximum Gasteiger partial charge on any atom is 0.247 e. The molecule has 0 aromatic carbocycles. The molecule has 0 saturated carbocycles. The summed E-state index contributed by atoms with van der Waals surface area (Å²) in [6.45, 7) is 3.02. The van der Waals surface area contributed by atoms with Crippen molar-refractivity contribution in [2.24, 2.45) is 0 Å². The Morgan fingerprint density at radius 2 is 2.20 bits per heavy atom. The van der Waals surface area contributed by atoms with Gasteiger partial charge in [-0.25, -0.2) is 4.98 Å². The summed E-state index contributed by atoms with van der Waals surface area (Å²) in [6.07, 6.45) is 4.79. The van der Waals surface area contributed by atoms with Gasteiger partial charge in [0, 0.05) is 6.20 Å². The third-order valence-corrected chi connectivity index (χ3v) is 4.03. The molecule has 3 rings (SSSR count). The molecule has 20 heavy (non-hydrogen) atoms. The third-order valence-electron chi connectivity index (χ3n) is 3.54. The number of pyridine rings is 1. The van der Waals surface area contributed by atoms with Crippen LogP contribution in [0, 0.1) is 0 Å². The van der Waals surface area contributed by atoms with Crippen molar-refractivity contribution < 1.29 is 4.52 Å². The lowest BCUT2D eigenvalue weighted by molar-refractivity contribution is 0.207. The van der Waals surface area contributed by atoms with Crippen molar-refractivity contribution in [1.29, 1.82) is 0 Å². The second-order valence-electron chi connectivity index (χ2n) is 5.12. The fourth-order valence-electron chi connectivity index (χ4n) is 2.36. The largest absolute Gasteiger partial charge is 0.337 e. The van der Waals surface area contributed by atoms with Crippen molar-refractivity contribution >= 4 is 23.2 Å². The zero-order valence-electron chi connectivity index (χ0n) is 11.0. The van der Waals surface area contributed by atoms with E-state index in [0.717, 1.165) is 19.4 Å². The number of hydrogen-bond acceptors (Lipinski definition) is 5. The SMILES string of the molecule is CC1(c2nc(-c3ncc(Cl)cc3Cl)no2)CCCCN1. The summed E-state index contributed by atoms with van der Waals surface area (Å²) in [5, 5.41) is 8.29. The van der Waals surface area contributed by atoms with Crippen LogP contribution in [0.4, 0.5) is 0 Å². The van der Waals surface area contributed by atoms with E-state index in [9.17, 15) is 0 Å². The minimum Gasteiger partial charge on any atom is -0.337 e. The van der Waals surface area contributed by atoms with Gasteiger partial charge in [0.1, 0.15) is 5.69 Å². The Labute approximate surface area is 126 Å². The second-order valence-corrected chi connectivity index (χ2v) is 5.97. The highest BCUT2D eigenvalue weighted by Crippen LogP contribution is 2.31. The van der Waals surface area contributed by atoms with E-state index in [-0.39, 0.29) is 5.54 Å². The van der Waals surface area contributed by atoms with Crippen molar-refractivity contribution in [3.8, 4) is 11.5 Å². The highest BCUT2D eigenvalue weighted by Gasteiger charge is 2.34. The zero-order chi connectivity index (χ0) is 14.2. The number of rotatable bonds is 2. The quantitative estimate of drug-likeness (QED) is 0.920. The van der Waals surface area contributed by atoms with Crippen LogP contribution in [0.5, 0.6) is 0 Å². The molecule has 1 aliphatic rings. The predicted molar refractivity (Wildman–Crippen MR) is 76.8 cm³/mol. The first-order valence-electron chi connectivity index (χ1n) is 6.49. The number of hydrogen-bond donors (Lipinski definition) is 1. The molecule has 3 heterocycles. The minimum absolute atomic E-state index is 0.275. The summed E-state index contributed by atoms with van der Waals surface area (Å²) >= 11 is 11.9. The maximum atomic E-state index is 6.11. The summed E-state index contributed by atoms with van der Waals surface area (Å²) < 4.78 is 5.39. The molecule has 0 radical (unpaired) electrons. The van der Waals surface area contributed by atoms with Crippen LogP contribution in [0.3, 0.4) is 0 Å². The van der Waals surface area contributed by atoms with Gasteiger partial charge in [0.25, 0.3) is 0 Å². The molecule has 1 aliphatic heterocycles. The summed E-state index contributed by atoms with van der Waals surface area (Å²) in [5.41, 5.74) is 0.202. The lowest BCUT2D eigenvalue weighted by Gasteiger charge is -2.31. The highest BCUT2D eigenvalue weighted by atomic mass is 35.5. The molecule has 2 aromatic heterocycles. The van der Waals surface area contributed by atoms with Gasteiger partial charge >= 0.3 is 0 Å². The Balaban J connectivity index is 1.93. The summed E-state index contributed by atoms with van der Waals surface area (Å²) in [6, 6.07) is 1.61. The first kappa shape index (κ1) is 13.8. The van der Waals surface area contributed by atoms with E-state index < -0.39 is 0 Å². The Kier molecular flexibility index (Phi) is 3.67. The van der Waals surface area contributed by atoms with Crippen LogP contribution in [0.25, 0.3) is 11.5 Å². The van der Waals surface area contributed by atoms with Gasteiger partial charge in [0.05, 0.1) is 15.6 Å². The molecule has 0 bridgehead atoms. The van der Waals surface area contributed by atoms with Gasteiger partial charge in [-0.15, -0.1) is 0 Å². The molecule has 1 atom stereocenters.